The highest BCUT2D eigenvalue weighted by molar-refractivity contribution is 6.11. The van der Waals surface area contributed by atoms with Gasteiger partial charge in [0, 0.05) is 17.3 Å². The lowest BCUT2D eigenvalue weighted by atomic mass is 10.1. The molecule has 0 radical (unpaired) electrons. The molecule has 0 bridgehead atoms. The number of nitrogens with one attached hydrogen (secondary N) is 1. The van der Waals surface area contributed by atoms with Gasteiger partial charge in [0.2, 0.25) is 0 Å². The Morgan fingerprint density at radius 1 is 0.700 bits per heavy atom. The third-order valence-electron chi connectivity index (χ3n) is 7.18. The van der Waals surface area contributed by atoms with E-state index in [1.807, 2.05) is 24.3 Å². The molecule has 0 saturated heterocycles. The first-order chi connectivity index (χ1) is 23.1. The second-order valence-electron chi connectivity index (χ2n) is 15.1. The fourth-order valence-corrected chi connectivity index (χ4v) is 5.23. The number of carbonyl (C=O) groups excluding carboxylic acids is 5. The van der Waals surface area contributed by atoms with Crippen LogP contribution in [0.25, 0.3) is 0 Å². The van der Waals surface area contributed by atoms with Crippen LogP contribution in [0, 0.1) is 0 Å². The van der Waals surface area contributed by atoms with E-state index in [-0.39, 0.29) is 23.0 Å². The van der Waals surface area contributed by atoms with Gasteiger partial charge in [-0.25, -0.2) is 24.3 Å². The molecular weight excluding hydrogens is 640 g/mol. The minimum absolute atomic E-state index is 0.0301. The quantitative estimate of drug-likeness (QED) is 0.199. The normalized spacial score (nSPS) is 13.2. The van der Waals surface area contributed by atoms with E-state index in [9.17, 15) is 24.0 Å². The molecule has 1 N–H and O–H groups in total. The third kappa shape index (κ3) is 9.90. The SMILES string of the molecule is CC(=O)c1cccc(Nc2cc(N(C(=O)OC(C)(C)C)C(=O)OC(C)(C)C)cc(C(=O)N(C(=O)OC(C)(C)C)C3Cc4ccccc4C3)n2)c1. The number of imide groups is 2. The summed E-state index contributed by atoms with van der Waals surface area (Å²) in [6.07, 6.45) is -2.20. The average Bonchev–Trinajstić information content (AvgIpc) is 3.38. The summed E-state index contributed by atoms with van der Waals surface area (Å²) in [5.74, 6) is -0.951. The Bertz CT molecular complexity index is 1750. The molecule has 4 amide bonds. The number of pyridine rings is 1. The lowest BCUT2D eigenvalue weighted by Crippen LogP contribution is -2.48. The summed E-state index contributed by atoms with van der Waals surface area (Å²) in [6, 6.07) is 16.3. The zero-order chi connectivity index (χ0) is 37.2. The summed E-state index contributed by atoms with van der Waals surface area (Å²) in [5.41, 5.74) is -0.453. The van der Waals surface area contributed by atoms with Gasteiger partial charge in [-0.05, 0) is 111 Å². The maximum absolute atomic E-state index is 14.6. The van der Waals surface area contributed by atoms with Gasteiger partial charge >= 0.3 is 18.3 Å². The molecule has 2 aromatic carbocycles. The number of anilines is 3. The molecule has 12 nitrogen and oxygen atoms in total. The Kier molecular flexibility index (Phi) is 10.7. The Morgan fingerprint density at radius 2 is 1.22 bits per heavy atom. The van der Waals surface area contributed by atoms with Crippen LogP contribution in [0.1, 0.15) is 101 Å². The second-order valence-corrected chi connectivity index (χ2v) is 15.1. The Hall–Kier alpha value is -5.26. The number of ether oxygens (including phenoxy) is 3. The standard InChI is InChI=1S/C38H46N4O8/c1-23(43)24-16-13-17-27(18-24)39-31-22-29(42(34(46)49-37(5,6)7)35(47)50-38(8,9)10)21-30(40-31)32(44)41(33(45)48-36(2,3)4)28-19-25-14-11-12-15-26(25)20-28/h11-18,21-22,28H,19-20H2,1-10H3,(H,39,40). The number of benzene rings is 2. The van der Waals surface area contributed by atoms with Crippen LogP contribution in [0.5, 0.6) is 0 Å². The van der Waals surface area contributed by atoms with Crippen LogP contribution < -0.4 is 10.2 Å². The smallest absolute Gasteiger partial charge is 0.424 e. The van der Waals surface area contributed by atoms with Gasteiger partial charge in [0.1, 0.15) is 28.3 Å². The maximum Gasteiger partial charge on any atom is 0.424 e. The van der Waals surface area contributed by atoms with E-state index in [4.69, 9.17) is 14.2 Å². The van der Waals surface area contributed by atoms with Crippen molar-refractivity contribution in [2.24, 2.45) is 0 Å². The first-order valence-corrected chi connectivity index (χ1v) is 16.4. The summed E-state index contributed by atoms with van der Waals surface area (Å²) in [5, 5.41) is 3.07. The highest BCUT2D eigenvalue weighted by Gasteiger charge is 2.39. The maximum atomic E-state index is 14.6. The van der Waals surface area contributed by atoms with E-state index in [1.54, 1.807) is 86.6 Å². The van der Waals surface area contributed by atoms with E-state index < -0.39 is 47.0 Å². The van der Waals surface area contributed by atoms with Crippen molar-refractivity contribution < 1.29 is 38.2 Å². The number of ketones is 1. The molecule has 50 heavy (non-hydrogen) atoms. The lowest BCUT2D eigenvalue weighted by molar-refractivity contribution is 0.0168. The van der Waals surface area contributed by atoms with Crippen molar-refractivity contribution in [3.8, 4) is 0 Å². The monoisotopic (exact) mass is 686 g/mol. The van der Waals surface area contributed by atoms with Gasteiger partial charge < -0.3 is 19.5 Å². The Labute approximate surface area is 293 Å². The van der Waals surface area contributed by atoms with E-state index in [0.717, 1.165) is 16.0 Å². The fraction of sp³-hybridized carbons (Fsp3) is 0.421. The molecule has 1 heterocycles. The van der Waals surface area contributed by atoms with Gasteiger partial charge in [-0.3, -0.25) is 9.59 Å². The number of Topliss-reactive ketones (excluding diaryl/α,β-unsaturated/α-hetero) is 1. The highest BCUT2D eigenvalue weighted by Crippen LogP contribution is 2.31. The Morgan fingerprint density at radius 3 is 1.72 bits per heavy atom. The van der Waals surface area contributed by atoms with Crippen LogP contribution in [-0.4, -0.2) is 62.7 Å². The molecule has 1 aliphatic carbocycles. The van der Waals surface area contributed by atoms with Gasteiger partial charge in [0.05, 0.1) is 11.7 Å². The van der Waals surface area contributed by atoms with Gasteiger partial charge in [0.15, 0.2) is 5.78 Å². The summed E-state index contributed by atoms with van der Waals surface area (Å²) >= 11 is 0. The molecule has 266 valence electrons. The van der Waals surface area contributed by atoms with Crippen LogP contribution in [-0.2, 0) is 27.1 Å². The molecule has 1 aromatic heterocycles. The van der Waals surface area contributed by atoms with Gasteiger partial charge in [-0.2, -0.15) is 4.90 Å². The molecule has 0 fully saturated rings. The van der Waals surface area contributed by atoms with E-state index in [2.05, 4.69) is 10.3 Å². The molecule has 3 aromatic rings. The third-order valence-corrected chi connectivity index (χ3v) is 7.18. The van der Waals surface area contributed by atoms with Crippen molar-refractivity contribution in [3.05, 3.63) is 83.0 Å². The topological polar surface area (TPSA) is 144 Å². The van der Waals surface area contributed by atoms with Gasteiger partial charge in [0.25, 0.3) is 5.91 Å². The Balaban J connectivity index is 1.89. The number of aromatic nitrogens is 1. The van der Waals surface area contributed by atoms with Crippen LogP contribution in [0.3, 0.4) is 0 Å². The molecule has 0 unspecified atom stereocenters. The number of rotatable bonds is 6. The number of hydrogen-bond donors (Lipinski definition) is 1. The predicted octanol–water partition coefficient (Wildman–Crippen LogP) is 8.25. The zero-order valence-corrected chi connectivity index (χ0v) is 30.4. The van der Waals surface area contributed by atoms with E-state index >= 15 is 0 Å². The van der Waals surface area contributed by atoms with Crippen molar-refractivity contribution >= 4 is 47.2 Å². The van der Waals surface area contributed by atoms with Gasteiger partial charge in [-0.15, -0.1) is 0 Å². The largest absolute Gasteiger partial charge is 0.443 e. The summed E-state index contributed by atoms with van der Waals surface area (Å²) in [6.45, 7) is 16.4. The predicted molar refractivity (Wildman–Crippen MR) is 189 cm³/mol. The van der Waals surface area contributed by atoms with Gasteiger partial charge in [-0.1, -0.05) is 36.4 Å². The van der Waals surface area contributed by atoms with Crippen molar-refractivity contribution in [2.45, 2.75) is 105 Å². The fourth-order valence-electron chi connectivity index (χ4n) is 5.23. The summed E-state index contributed by atoms with van der Waals surface area (Å²) < 4.78 is 16.9. The number of nitrogens with zero attached hydrogens (tertiary/aromatic N) is 3. The van der Waals surface area contributed by atoms with Crippen LogP contribution in [0.15, 0.2) is 60.7 Å². The van der Waals surface area contributed by atoms with E-state index in [1.165, 1.54) is 19.1 Å². The molecule has 0 spiro atoms. The number of carbonyl (C=O) groups is 5. The van der Waals surface area contributed by atoms with E-state index in [0.29, 0.717) is 29.0 Å². The van der Waals surface area contributed by atoms with Crippen molar-refractivity contribution in [1.82, 2.24) is 9.88 Å². The highest BCUT2D eigenvalue weighted by atomic mass is 16.6. The van der Waals surface area contributed by atoms with Crippen molar-refractivity contribution in [1.29, 1.82) is 0 Å². The average molecular weight is 687 g/mol. The molecule has 0 atom stereocenters. The number of fused-ring (bicyclic) bond motifs is 1. The minimum Gasteiger partial charge on any atom is -0.443 e. The molecule has 0 aliphatic heterocycles. The second kappa shape index (κ2) is 14.3. The van der Waals surface area contributed by atoms with Crippen LogP contribution in [0.2, 0.25) is 0 Å². The molecular formula is C38H46N4O8. The van der Waals surface area contributed by atoms with Crippen LogP contribution >= 0.6 is 0 Å². The molecule has 0 saturated carbocycles. The first-order valence-electron chi connectivity index (χ1n) is 16.4. The summed E-state index contributed by atoms with van der Waals surface area (Å²) in [4.78, 5) is 74.0. The zero-order valence-electron chi connectivity index (χ0n) is 30.4. The lowest BCUT2D eigenvalue weighted by Gasteiger charge is -2.31. The molecule has 4 rings (SSSR count). The first kappa shape index (κ1) is 37.6. The molecule has 1 aliphatic rings. The number of hydrogen-bond acceptors (Lipinski definition) is 10. The summed E-state index contributed by atoms with van der Waals surface area (Å²) in [7, 11) is 0. The minimum atomic E-state index is -1.06. The van der Waals surface area contributed by atoms with Crippen molar-refractivity contribution in [2.75, 3.05) is 10.2 Å². The molecule has 12 heteroatoms. The van der Waals surface area contributed by atoms with Crippen molar-refractivity contribution in [3.63, 3.8) is 0 Å². The van der Waals surface area contributed by atoms with Crippen LogP contribution in [0.4, 0.5) is 31.6 Å². The number of amides is 4.